The molecule has 0 saturated carbocycles. The topological polar surface area (TPSA) is 30.7 Å². The zero-order valence-electron chi connectivity index (χ0n) is 13.2. The molecular formula is C14H33N3. The summed E-state index contributed by atoms with van der Waals surface area (Å²) in [6, 6.07) is 0. The number of aromatic nitrogens is 3. The zero-order chi connectivity index (χ0) is 14.1. The lowest BCUT2D eigenvalue weighted by molar-refractivity contribution is 0.579. The first-order valence-electron chi connectivity index (χ1n) is 7.25. The van der Waals surface area contributed by atoms with Crippen LogP contribution in [0.1, 0.15) is 73.9 Å². The molecular weight excluding hydrogens is 210 g/mol. The van der Waals surface area contributed by atoms with Crippen LogP contribution in [0, 0.1) is 0 Å². The van der Waals surface area contributed by atoms with Crippen LogP contribution in [0.15, 0.2) is 6.20 Å². The van der Waals surface area contributed by atoms with Gasteiger partial charge in [-0.3, -0.25) is 4.68 Å². The van der Waals surface area contributed by atoms with E-state index in [4.69, 9.17) is 0 Å². The average molecular weight is 243 g/mol. The van der Waals surface area contributed by atoms with E-state index in [1.165, 1.54) is 0 Å². The van der Waals surface area contributed by atoms with E-state index >= 15 is 0 Å². The predicted molar refractivity (Wildman–Crippen MR) is 78.4 cm³/mol. The molecule has 1 aromatic rings. The Morgan fingerprint density at radius 3 is 1.88 bits per heavy atom. The van der Waals surface area contributed by atoms with Crippen LogP contribution >= 0.6 is 0 Å². The highest BCUT2D eigenvalue weighted by Gasteiger charge is 1.96. The van der Waals surface area contributed by atoms with E-state index < -0.39 is 0 Å². The summed E-state index contributed by atoms with van der Waals surface area (Å²) in [4.78, 5) is 0. The Balaban J connectivity index is -0.000000285. The third kappa shape index (κ3) is 13.1. The number of hydrogen-bond donors (Lipinski definition) is 0. The van der Waals surface area contributed by atoms with Gasteiger partial charge < -0.3 is 0 Å². The third-order valence-corrected chi connectivity index (χ3v) is 1.54. The van der Waals surface area contributed by atoms with Crippen molar-refractivity contribution >= 4 is 0 Å². The van der Waals surface area contributed by atoms with Crippen molar-refractivity contribution in [3.05, 3.63) is 11.9 Å². The van der Waals surface area contributed by atoms with Crippen molar-refractivity contribution < 1.29 is 0 Å². The lowest BCUT2D eigenvalue weighted by atomic mass is 10.3. The number of nitrogens with zero attached hydrogens (tertiary/aromatic N) is 3. The first-order chi connectivity index (χ1) is 8.36. The summed E-state index contributed by atoms with van der Waals surface area (Å²) in [6.07, 6.45) is 5.34. The molecule has 3 nitrogen and oxygen atoms in total. The van der Waals surface area contributed by atoms with E-state index in [0.717, 1.165) is 31.5 Å². The quantitative estimate of drug-likeness (QED) is 0.766. The van der Waals surface area contributed by atoms with Gasteiger partial charge in [-0.1, -0.05) is 67.0 Å². The van der Waals surface area contributed by atoms with Gasteiger partial charge in [0.2, 0.25) is 0 Å². The molecule has 0 spiro atoms. The molecule has 0 bridgehead atoms. The summed E-state index contributed by atoms with van der Waals surface area (Å²) in [5.41, 5.74) is 1.11. The molecule has 0 saturated heterocycles. The highest BCUT2D eigenvalue weighted by atomic mass is 15.4. The predicted octanol–water partition coefficient (Wildman–Crippen LogP) is 4.72. The normalized spacial score (nSPS) is 7.76. The van der Waals surface area contributed by atoms with Gasteiger partial charge in [-0.2, -0.15) is 0 Å². The van der Waals surface area contributed by atoms with Crippen molar-refractivity contribution in [1.82, 2.24) is 15.0 Å². The number of rotatable bonds is 4. The van der Waals surface area contributed by atoms with Crippen LogP contribution in [-0.4, -0.2) is 15.0 Å². The van der Waals surface area contributed by atoms with Crippen molar-refractivity contribution in [3.8, 4) is 0 Å². The fraction of sp³-hybridized carbons (Fsp3) is 0.857. The molecule has 3 heteroatoms. The fourth-order valence-electron chi connectivity index (χ4n) is 1.05. The van der Waals surface area contributed by atoms with E-state index in [9.17, 15) is 0 Å². The Kier molecular flexibility index (Phi) is 25.9. The van der Waals surface area contributed by atoms with E-state index in [2.05, 4.69) is 24.2 Å². The summed E-state index contributed by atoms with van der Waals surface area (Å²) in [5.74, 6) is 0. The van der Waals surface area contributed by atoms with Gasteiger partial charge in [-0.15, -0.1) is 5.10 Å². The molecule has 1 heterocycles. The minimum absolute atomic E-state index is 0.983. The summed E-state index contributed by atoms with van der Waals surface area (Å²) in [5, 5.41) is 8.03. The number of aryl methyl sites for hydroxylation is 2. The molecule has 17 heavy (non-hydrogen) atoms. The summed E-state index contributed by atoms with van der Waals surface area (Å²) in [6.45, 7) is 17.3. The lowest BCUT2D eigenvalue weighted by Gasteiger charge is -1.92. The van der Waals surface area contributed by atoms with Crippen LogP contribution in [0.3, 0.4) is 0 Å². The van der Waals surface area contributed by atoms with Gasteiger partial charge in [0.05, 0.1) is 5.69 Å². The van der Waals surface area contributed by atoms with Crippen LogP contribution in [-0.2, 0) is 13.0 Å². The largest absolute Gasteiger partial charge is 0.252 e. The van der Waals surface area contributed by atoms with Crippen LogP contribution in [0.4, 0.5) is 0 Å². The summed E-state index contributed by atoms with van der Waals surface area (Å²) >= 11 is 0. The third-order valence-electron chi connectivity index (χ3n) is 1.54. The second-order valence-electron chi connectivity index (χ2n) is 2.72. The van der Waals surface area contributed by atoms with Crippen LogP contribution in [0.2, 0.25) is 0 Å². The van der Waals surface area contributed by atoms with Crippen molar-refractivity contribution in [2.45, 2.75) is 81.2 Å². The van der Waals surface area contributed by atoms with Crippen LogP contribution in [0.25, 0.3) is 0 Å². The molecule has 1 rings (SSSR count). The van der Waals surface area contributed by atoms with Gasteiger partial charge in [0, 0.05) is 12.7 Å². The molecule has 0 N–H and O–H groups in total. The van der Waals surface area contributed by atoms with Crippen LogP contribution in [0.5, 0.6) is 0 Å². The minimum atomic E-state index is 0.983. The monoisotopic (exact) mass is 243 g/mol. The van der Waals surface area contributed by atoms with Gasteiger partial charge >= 0.3 is 0 Å². The Bertz CT molecular complexity index is 186. The van der Waals surface area contributed by atoms with E-state index in [1.54, 1.807) is 0 Å². The maximum absolute atomic E-state index is 4.04. The lowest BCUT2D eigenvalue weighted by Crippen LogP contribution is -1.96. The second kappa shape index (κ2) is 20.5. The highest BCUT2D eigenvalue weighted by molar-refractivity contribution is 4.91. The van der Waals surface area contributed by atoms with Crippen molar-refractivity contribution in [1.29, 1.82) is 0 Å². The number of hydrogen-bond acceptors (Lipinski definition) is 2. The molecule has 0 aliphatic carbocycles. The summed E-state index contributed by atoms with van der Waals surface area (Å²) < 4.78 is 1.91. The Hall–Kier alpha value is -0.860. The van der Waals surface area contributed by atoms with Gasteiger partial charge in [0.15, 0.2) is 0 Å². The zero-order valence-corrected chi connectivity index (χ0v) is 13.2. The van der Waals surface area contributed by atoms with E-state index in [-0.39, 0.29) is 0 Å². The molecule has 0 radical (unpaired) electrons. The maximum Gasteiger partial charge on any atom is 0.0827 e. The van der Waals surface area contributed by atoms with Crippen molar-refractivity contribution in [2.24, 2.45) is 0 Å². The smallest absolute Gasteiger partial charge is 0.0827 e. The fourth-order valence-corrected chi connectivity index (χ4v) is 1.05. The first kappa shape index (κ1) is 21.4. The molecule has 0 aliphatic rings. The Morgan fingerprint density at radius 2 is 1.47 bits per heavy atom. The SMILES string of the molecule is CC.CC.CC.CCCc1cn(CCC)nn1. The molecule has 0 fully saturated rings. The van der Waals surface area contributed by atoms with Gasteiger partial charge in [0.1, 0.15) is 0 Å². The van der Waals surface area contributed by atoms with Gasteiger partial charge in [-0.05, 0) is 12.8 Å². The van der Waals surface area contributed by atoms with Crippen LogP contribution < -0.4 is 0 Å². The highest BCUT2D eigenvalue weighted by Crippen LogP contribution is 1.97. The van der Waals surface area contributed by atoms with Crippen molar-refractivity contribution in [3.63, 3.8) is 0 Å². The standard InChI is InChI=1S/C8H15N3.3C2H6/c1-3-5-8-7-11(6-4-2)10-9-8;3*1-2/h7H,3-6H2,1-2H3;3*1-2H3. The minimum Gasteiger partial charge on any atom is -0.252 e. The molecule has 1 aromatic heterocycles. The van der Waals surface area contributed by atoms with Gasteiger partial charge in [0.25, 0.3) is 0 Å². The average Bonchev–Trinajstić information content (AvgIpc) is 2.85. The van der Waals surface area contributed by atoms with Gasteiger partial charge in [-0.25, -0.2) is 0 Å². The van der Waals surface area contributed by atoms with Crippen molar-refractivity contribution in [2.75, 3.05) is 0 Å². The van der Waals surface area contributed by atoms with E-state index in [1.807, 2.05) is 52.4 Å². The molecule has 0 aromatic carbocycles. The van der Waals surface area contributed by atoms with E-state index in [0.29, 0.717) is 0 Å². The first-order valence-corrected chi connectivity index (χ1v) is 7.25. The Labute approximate surface area is 109 Å². The second-order valence-corrected chi connectivity index (χ2v) is 2.72. The Morgan fingerprint density at radius 1 is 0.941 bits per heavy atom. The molecule has 0 atom stereocenters. The molecule has 104 valence electrons. The molecule has 0 aliphatic heterocycles. The maximum atomic E-state index is 4.04. The molecule has 0 amide bonds. The summed E-state index contributed by atoms with van der Waals surface area (Å²) in [7, 11) is 0. The molecule has 0 unspecified atom stereocenters.